The fourth-order valence-corrected chi connectivity index (χ4v) is 3.27. The zero-order valence-electron chi connectivity index (χ0n) is 13.4. The van der Waals surface area contributed by atoms with Crippen molar-refractivity contribution in [3.8, 4) is 11.5 Å². The maximum Gasteiger partial charge on any atom is 0.119 e. The zero-order valence-corrected chi connectivity index (χ0v) is 16.6. The molecule has 0 aliphatic heterocycles. The fourth-order valence-electron chi connectivity index (χ4n) is 2.29. The molecule has 1 aromatic carbocycles. The Morgan fingerprint density at radius 1 is 0.909 bits per heavy atom. The Kier molecular flexibility index (Phi) is 11.0. The lowest BCUT2D eigenvalue weighted by atomic mass is 10.1. The van der Waals surface area contributed by atoms with Crippen molar-refractivity contribution >= 4 is 31.9 Å². The maximum atomic E-state index is 9.23. The van der Waals surface area contributed by atoms with Gasteiger partial charge in [-0.3, -0.25) is 0 Å². The molecule has 0 aromatic heterocycles. The van der Waals surface area contributed by atoms with Crippen LogP contribution in [0.1, 0.15) is 58.3 Å². The molecule has 1 N–H and O–H groups in total. The molecule has 1 aromatic rings. The number of unbranched alkanes of at least 4 members (excludes halogenated alkanes) is 4. The quantitative estimate of drug-likeness (QED) is 0.302. The second-order valence-corrected chi connectivity index (χ2v) is 8.37. The minimum absolute atomic E-state index is 0.267. The molecule has 0 aliphatic carbocycles. The summed E-state index contributed by atoms with van der Waals surface area (Å²) in [6.07, 6.45) is 10.3. The van der Waals surface area contributed by atoms with Crippen molar-refractivity contribution in [2.24, 2.45) is 0 Å². The van der Waals surface area contributed by atoms with Crippen LogP contribution in [-0.4, -0.2) is 21.4 Å². The minimum Gasteiger partial charge on any atom is -0.508 e. The number of rotatable bonds is 12. The molecule has 0 spiro atoms. The monoisotopic (exact) mass is 434 g/mol. The first-order valence-electron chi connectivity index (χ1n) is 8.31. The van der Waals surface area contributed by atoms with Crippen molar-refractivity contribution in [2.45, 2.75) is 67.9 Å². The zero-order chi connectivity index (χ0) is 16.2. The first-order chi connectivity index (χ1) is 10.6. The Labute approximate surface area is 151 Å². The Balaban J connectivity index is 2.06. The summed E-state index contributed by atoms with van der Waals surface area (Å²) in [5, 5.41) is 9.23. The summed E-state index contributed by atoms with van der Waals surface area (Å²) in [5.74, 6) is 1.07. The van der Waals surface area contributed by atoms with E-state index >= 15 is 0 Å². The third kappa shape index (κ3) is 9.73. The molecular formula is C18H28Br2O2. The lowest BCUT2D eigenvalue weighted by Gasteiger charge is -2.14. The van der Waals surface area contributed by atoms with Crippen molar-refractivity contribution < 1.29 is 9.84 Å². The van der Waals surface area contributed by atoms with Gasteiger partial charge in [-0.2, -0.15) is 0 Å². The van der Waals surface area contributed by atoms with E-state index in [-0.39, 0.29) is 5.75 Å². The van der Waals surface area contributed by atoms with E-state index < -0.39 is 0 Å². The Hall–Kier alpha value is -0.220. The van der Waals surface area contributed by atoms with E-state index in [2.05, 4.69) is 38.8 Å². The standard InChI is InChI=1S/C18H28Br2O2/c1-2-3-4-5-6-7-15(19)8-9-16(20)14-22-18-12-10-17(21)11-13-18/h10-13,15-16,21H,2-9,14H2,1H3. The number of phenolic OH excluding ortho intramolecular Hbond substituents is 1. The van der Waals surface area contributed by atoms with Gasteiger partial charge in [0, 0.05) is 9.65 Å². The van der Waals surface area contributed by atoms with Gasteiger partial charge in [0.1, 0.15) is 18.1 Å². The summed E-state index contributed by atoms with van der Waals surface area (Å²) in [7, 11) is 0. The molecule has 0 radical (unpaired) electrons. The summed E-state index contributed by atoms with van der Waals surface area (Å²) in [5.41, 5.74) is 0. The van der Waals surface area contributed by atoms with Gasteiger partial charge in [0.25, 0.3) is 0 Å². The van der Waals surface area contributed by atoms with Gasteiger partial charge in [-0.1, -0.05) is 70.9 Å². The highest BCUT2D eigenvalue weighted by molar-refractivity contribution is 9.09. The van der Waals surface area contributed by atoms with Crippen LogP contribution in [0.5, 0.6) is 11.5 Å². The maximum absolute atomic E-state index is 9.23. The van der Waals surface area contributed by atoms with Gasteiger partial charge in [-0.25, -0.2) is 0 Å². The van der Waals surface area contributed by atoms with Gasteiger partial charge in [-0.05, 0) is 43.5 Å². The molecule has 4 heteroatoms. The fraction of sp³-hybridized carbons (Fsp3) is 0.667. The van der Waals surface area contributed by atoms with Crippen LogP contribution >= 0.6 is 31.9 Å². The predicted molar refractivity (Wildman–Crippen MR) is 102 cm³/mol. The molecule has 0 heterocycles. The first-order valence-corrected chi connectivity index (χ1v) is 10.1. The summed E-state index contributed by atoms with van der Waals surface area (Å²) in [6, 6.07) is 6.87. The minimum atomic E-state index is 0.267. The first kappa shape index (κ1) is 19.8. The van der Waals surface area contributed by atoms with Crippen LogP contribution in [0, 0.1) is 0 Å². The number of benzene rings is 1. The molecule has 126 valence electrons. The lowest BCUT2D eigenvalue weighted by molar-refractivity contribution is 0.312. The molecule has 2 atom stereocenters. The van der Waals surface area contributed by atoms with Crippen LogP contribution in [0.3, 0.4) is 0 Å². The van der Waals surface area contributed by atoms with Gasteiger partial charge in [0.2, 0.25) is 0 Å². The molecule has 0 fully saturated rings. The summed E-state index contributed by atoms with van der Waals surface area (Å²) in [4.78, 5) is 0.976. The van der Waals surface area contributed by atoms with Gasteiger partial charge < -0.3 is 9.84 Å². The van der Waals surface area contributed by atoms with Crippen LogP contribution in [0.15, 0.2) is 24.3 Å². The summed E-state index contributed by atoms with van der Waals surface area (Å²) in [6.45, 7) is 2.91. The predicted octanol–water partition coefficient (Wildman–Crippen LogP) is 6.44. The topological polar surface area (TPSA) is 29.5 Å². The van der Waals surface area contributed by atoms with E-state index in [0.29, 0.717) is 16.3 Å². The van der Waals surface area contributed by atoms with Crippen molar-refractivity contribution in [1.82, 2.24) is 0 Å². The van der Waals surface area contributed by atoms with Crippen molar-refractivity contribution in [3.63, 3.8) is 0 Å². The van der Waals surface area contributed by atoms with Crippen LogP contribution < -0.4 is 4.74 Å². The molecule has 0 saturated heterocycles. The molecule has 0 aliphatic rings. The number of halogens is 2. The Morgan fingerprint density at radius 2 is 1.55 bits per heavy atom. The second kappa shape index (κ2) is 12.2. The van der Waals surface area contributed by atoms with Crippen molar-refractivity contribution in [2.75, 3.05) is 6.61 Å². The van der Waals surface area contributed by atoms with E-state index in [1.807, 2.05) is 0 Å². The summed E-state index contributed by atoms with van der Waals surface area (Å²) >= 11 is 7.48. The van der Waals surface area contributed by atoms with Gasteiger partial charge in [-0.15, -0.1) is 0 Å². The molecule has 2 nitrogen and oxygen atoms in total. The van der Waals surface area contributed by atoms with E-state index in [4.69, 9.17) is 4.74 Å². The number of hydrogen-bond donors (Lipinski definition) is 1. The molecule has 2 unspecified atom stereocenters. The number of hydrogen-bond acceptors (Lipinski definition) is 2. The number of ether oxygens (including phenoxy) is 1. The van der Waals surface area contributed by atoms with Crippen LogP contribution in [0.25, 0.3) is 0 Å². The van der Waals surface area contributed by atoms with Crippen LogP contribution in [-0.2, 0) is 0 Å². The third-order valence-electron chi connectivity index (χ3n) is 3.68. The largest absolute Gasteiger partial charge is 0.508 e. The third-order valence-corrected chi connectivity index (χ3v) is 5.32. The van der Waals surface area contributed by atoms with E-state index in [0.717, 1.165) is 12.2 Å². The van der Waals surface area contributed by atoms with Crippen LogP contribution in [0.4, 0.5) is 0 Å². The SMILES string of the molecule is CCCCCCCC(Br)CCC(Br)COc1ccc(O)cc1. The second-order valence-electron chi connectivity index (χ2n) is 5.78. The Morgan fingerprint density at radius 3 is 2.23 bits per heavy atom. The highest BCUT2D eigenvalue weighted by atomic mass is 79.9. The highest BCUT2D eigenvalue weighted by Gasteiger charge is 2.10. The Bertz CT molecular complexity index is 381. The molecule has 0 bridgehead atoms. The normalized spacial score (nSPS) is 13.8. The number of phenols is 1. The molecular weight excluding hydrogens is 408 g/mol. The van der Waals surface area contributed by atoms with Gasteiger partial charge in [0.15, 0.2) is 0 Å². The lowest BCUT2D eigenvalue weighted by Crippen LogP contribution is -2.13. The van der Waals surface area contributed by atoms with E-state index in [1.165, 1.54) is 44.9 Å². The van der Waals surface area contributed by atoms with Crippen molar-refractivity contribution in [1.29, 1.82) is 0 Å². The van der Waals surface area contributed by atoms with Gasteiger partial charge >= 0.3 is 0 Å². The highest BCUT2D eigenvalue weighted by Crippen LogP contribution is 2.22. The number of alkyl halides is 2. The van der Waals surface area contributed by atoms with E-state index in [1.54, 1.807) is 24.3 Å². The van der Waals surface area contributed by atoms with E-state index in [9.17, 15) is 5.11 Å². The summed E-state index contributed by atoms with van der Waals surface area (Å²) < 4.78 is 5.71. The average molecular weight is 436 g/mol. The van der Waals surface area contributed by atoms with Gasteiger partial charge in [0.05, 0.1) is 0 Å². The molecule has 22 heavy (non-hydrogen) atoms. The smallest absolute Gasteiger partial charge is 0.119 e. The van der Waals surface area contributed by atoms with Crippen molar-refractivity contribution in [3.05, 3.63) is 24.3 Å². The average Bonchev–Trinajstić information content (AvgIpc) is 2.52. The molecule has 1 rings (SSSR count). The van der Waals surface area contributed by atoms with Crippen LogP contribution in [0.2, 0.25) is 0 Å². The molecule has 0 amide bonds. The number of aromatic hydroxyl groups is 1. The molecule has 0 saturated carbocycles.